The second-order valence-electron chi connectivity index (χ2n) is 11.3. The molecular weight excluding hydrogens is 508 g/mol. The third-order valence-corrected chi connectivity index (χ3v) is 7.93. The summed E-state index contributed by atoms with van der Waals surface area (Å²) in [6.07, 6.45) is 2.54. The molecule has 3 amide bonds. The fourth-order valence-corrected chi connectivity index (χ4v) is 5.64. The Hall–Kier alpha value is -3.23. The number of likely N-dealkylation sites (tertiary alicyclic amines) is 1. The minimum Gasteiger partial charge on any atom is -0.354 e. The molecule has 0 spiro atoms. The first-order valence-electron chi connectivity index (χ1n) is 13.8. The maximum Gasteiger partial charge on any atom is 0.243 e. The molecule has 2 aromatic carbocycles. The van der Waals surface area contributed by atoms with Crippen LogP contribution < -0.4 is 16.0 Å². The van der Waals surface area contributed by atoms with Crippen LogP contribution in [0.3, 0.4) is 0 Å². The lowest BCUT2D eigenvalue weighted by atomic mass is 9.94. The molecular formula is C31H40N4O3S. The summed E-state index contributed by atoms with van der Waals surface area (Å²) in [5.74, 6) is -0.504. The van der Waals surface area contributed by atoms with E-state index in [0.29, 0.717) is 25.9 Å². The fraction of sp³-hybridized carbons (Fsp3) is 0.452. The second-order valence-corrected chi connectivity index (χ2v) is 12.3. The molecule has 1 saturated heterocycles. The fourth-order valence-electron chi connectivity index (χ4n) is 4.96. The van der Waals surface area contributed by atoms with E-state index in [1.165, 1.54) is 4.88 Å². The zero-order valence-electron chi connectivity index (χ0n) is 23.2. The van der Waals surface area contributed by atoms with Crippen LogP contribution in [0.1, 0.15) is 50.5 Å². The number of hydrogen-bond donors (Lipinski definition) is 3. The van der Waals surface area contributed by atoms with Gasteiger partial charge in [0, 0.05) is 36.3 Å². The van der Waals surface area contributed by atoms with Crippen molar-refractivity contribution in [3.8, 4) is 0 Å². The lowest BCUT2D eigenvalue weighted by Gasteiger charge is -2.31. The monoisotopic (exact) mass is 548 g/mol. The summed E-state index contributed by atoms with van der Waals surface area (Å²) in [7, 11) is 0. The number of amides is 3. The number of thiophene rings is 1. The molecule has 0 bridgehead atoms. The average molecular weight is 549 g/mol. The first-order valence-corrected chi connectivity index (χ1v) is 14.7. The summed E-state index contributed by atoms with van der Waals surface area (Å²) in [6, 6.07) is 17.1. The van der Waals surface area contributed by atoms with Crippen molar-refractivity contribution in [2.75, 3.05) is 19.6 Å². The van der Waals surface area contributed by atoms with Crippen LogP contribution in [-0.2, 0) is 27.3 Å². The zero-order chi connectivity index (χ0) is 27.8. The molecule has 208 valence electrons. The Balaban J connectivity index is 1.40. The Morgan fingerprint density at radius 3 is 2.56 bits per heavy atom. The maximum absolute atomic E-state index is 13.4. The number of carbonyl (C=O) groups is 3. The maximum atomic E-state index is 13.4. The SMILES string of the molecule is CC(C)(C)C(=O)N1CCCC1C(=O)NC(Cc1ccc2ccccc2c1)C(=O)NCCCNCc1cccs1. The molecule has 39 heavy (non-hydrogen) atoms. The molecule has 4 rings (SSSR count). The van der Waals surface area contributed by atoms with E-state index in [9.17, 15) is 14.4 Å². The van der Waals surface area contributed by atoms with E-state index in [1.54, 1.807) is 16.2 Å². The van der Waals surface area contributed by atoms with Crippen LogP contribution >= 0.6 is 11.3 Å². The Labute approximate surface area is 235 Å². The molecule has 1 aromatic heterocycles. The van der Waals surface area contributed by atoms with E-state index in [2.05, 4.69) is 39.5 Å². The van der Waals surface area contributed by atoms with Crippen LogP contribution in [0.15, 0.2) is 60.0 Å². The van der Waals surface area contributed by atoms with E-state index >= 15 is 0 Å². The van der Waals surface area contributed by atoms with Crippen LogP contribution in [-0.4, -0.2) is 54.3 Å². The van der Waals surface area contributed by atoms with E-state index < -0.39 is 17.5 Å². The van der Waals surface area contributed by atoms with Crippen LogP contribution in [0, 0.1) is 5.41 Å². The van der Waals surface area contributed by atoms with Gasteiger partial charge in [0.05, 0.1) is 0 Å². The van der Waals surface area contributed by atoms with Gasteiger partial charge in [-0.05, 0) is 53.6 Å². The second kappa shape index (κ2) is 13.2. The highest BCUT2D eigenvalue weighted by molar-refractivity contribution is 7.09. The first-order chi connectivity index (χ1) is 18.7. The topological polar surface area (TPSA) is 90.5 Å². The molecule has 0 saturated carbocycles. The summed E-state index contributed by atoms with van der Waals surface area (Å²) in [5, 5.41) is 13.7. The minimum absolute atomic E-state index is 0.0364. The van der Waals surface area contributed by atoms with E-state index in [4.69, 9.17) is 0 Å². The van der Waals surface area contributed by atoms with Gasteiger partial charge in [-0.25, -0.2) is 0 Å². The molecule has 2 unspecified atom stereocenters. The number of nitrogens with one attached hydrogen (secondary N) is 3. The summed E-state index contributed by atoms with van der Waals surface area (Å²) in [5.41, 5.74) is 0.406. The van der Waals surface area contributed by atoms with Gasteiger partial charge >= 0.3 is 0 Å². The molecule has 3 aromatic rings. The van der Waals surface area contributed by atoms with Crippen molar-refractivity contribution in [2.24, 2.45) is 5.41 Å². The van der Waals surface area contributed by atoms with Crippen molar-refractivity contribution in [3.63, 3.8) is 0 Å². The molecule has 1 fully saturated rings. The highest BCUT2D eigenvalue weighted by Gasteiger charge is 2.39. The molecule has 8 heteroatoms. The summed E-state index contributed by atoms with van der Waals surface area (Å²) in [6.45, 7) is 8.28. The lowest BCUT2D eigenvalue weighted by molar-refractivity contribution is -0.145. The van der Waals surface area contributed by atoms with Crippen LogP contribution in [0.4, 0.5) is 0 Å². The van der Waals surface area contributed by atoms with Crippen molar-refractivity contribution < 1.29 is 14.4 Å². The zero-order valence-corrected chi connectivity index (χ0v) is 24.0. The van der Waals surface area contributed by atoms with E-state index in [1.807, 2.05) is 57.2 Å². The lowest BCUT2D eigenvalue weighted by Crippen LogP contribution is -2.55. The molecule has 0 aliphatic carbocycles. The standard InChI is InChI=1S/C31H40N4O3S/c1-31(2,3)30(38)35-17-6-12-27(35)29(37)34-26(20-22-13-14-23-9-4-5-10-24(23)19-22)28(36)33-16-8-15-32-21-25-11-7-18-39-25/h4-5,7,9-11,13-14,18-19,26-27,32H,6,8,12,15-17,20-21H2,1-3H3,(H,33,36)(H,34,37). The molecule has 1 aliphatic rings. The quantitative estimate of drug-likeness (QED) is 0.312. The molecule has 2 heterocycles. The molecule has 0 radical (unpaired) electrons. The van der Waals surface area contributed by atoms with Gasteiger partial charge in [-0.3, -0.25) is 14.4 Å². The Kier molecular flexibility index (Phi) is 9.75. The number of benzene rings is 2. The van der Waals surface area contributed by atoms with Crippen LogP contribution in [0.25, 0.3) is 10.8 Å². The first kappa shape index (κ1) is 28.8. The number of carbonyl (C=O) groups excluding carboxylic acids is 3. The summed E-state index contributed by atoms with van der Waals surface area (Å²) in [4.78, 5) is 42.7. The van der Waals surface area contributed by atoms with Crippen molar-refractivity contribution >= 4 is 39.8 Å². The Morgan fingerprint density at radius 2 is 1.82 bits per heavy atom. The van der Waals surface area contributed by atoms with Gasteiger partial charge in [0.1, 0.15) is 12.1 Å². The Morgan fingerprint density at radius 1 is 1.03 bits per heavy atom. The third kappa shape index (κ3) is 7.90. The number of rotatable bonds is 11. The molecule has 7 nitrogen and oxygen atoms in total. The van der Waals surface area contributed by atoms with Crippen molar-refractivity contribution in [2.45, 2.75) is 65.1 Å². The van der Waals surface area contributed by atoms with Crippen LogP contribution in [0.2, 0.25) is 0 Å². The largest absolute Gasteiger partial charge is 0.354 e. The van der Waals surface area contributed by atoms with Crippen LogP contribution in [0.5, 0.6) is 0 Å². The molecule has 2 atom stereocenters. The molecule has 1 aliphatic heterocycles. The van der Waals surface area contributed by atoms with Crippen molar-refractivity contribution in [1.82, 2.24) is 20.9 Å². The predicted octanol–water partition coefficient (Wildman–Crippen LogP) is 4.26. The highest BCUT2D eigenvalue weighted by atomic mass is 32.1. The number of hydrogen-bond acceptors (Lipinski definition) is 5. The van der Waals surface area contributed by atoms with Gasteiger partial charge in [0.15, 0.2) is 0 Å². The van der Waals surface area contributed by atoms with Gasteiger partial charge < -0.3 is 20.9 Å². The van der Waals surface area contributed by atoms with Gasteiger partial charge in [-0.15, -0.1) is 11.3 Å². The van der Waals surface area contributed by atoms with Gasteiger partial charge in [-0.2, -0.15) is 0 Å². The summed E-state index contributed by atoms with van der Waals surface area (Å²) >= 11 is 1.72. The normalized spacial score (nSPS) is 16.3. The van der Waals surface area contributed by atoms with Crippen molar-refractivity contribution in [1.29, 1.82) is 0 Å². The average Bonchev–Trinajstić information content (AvgIpc) is 3.61. The smallest absolute Gasteiger partial charge is 0.243 e. The van der Waals surface area contributed by atoms with E-state index in [0.717, 1.165) is 42.3 Å². The number of nitrogens with zero attached hydrogens (tertiary/aromatic N) is 1. The van der Waals surface area contributed by atoms with Gasteiger partial charge in [-0.1, -0.05) is 69.3 Å². The van der Waals surface area contributed by atoms with Gasteiger partial charge in [0.2, 0.25) is 17.7 Å². The highest BCUT2D eigenvalue weighted by Crippen LogP contribution is 2.26. The third-order valence-electron chi connectivity index (χ3n) is 7.05. The van der Waals surface area contributed by atoms with Gasteiger partial charge in [0.25, 0.3) is 0 Å². The summed E-state index contributed by atoms with van der Waals surface area (Å²) < 4.78 is 0. The van der Waals surface area contributed by atoms with E-state index in [-0.39, 0.29) is 17.7 Å². The number of fused-ring (bicyclic) bond motifs is 1. The van der Waals surface area contributed by atoms with Crippen molar-refractivity contribution in [3.05, 3.63) is 70.4 Å². The Bertz CT molecular complexity index is 1270. The molecule has 3 N–H and O–H groups in total. The minimum atomic E-state index is -0.732. The predicted molar refractivity (Wildman–Crippen MR) is 157 cm³/mol.